The van der Waals surface area contributed by atoms with Gasteiger partial charge in [0.05, 0.1) is 0 Å². The Morgan fingerprint density at radius 1 is 0.886 bits per heavy atom. The molecule has 2 fully saturated rings. The summed E-state index contributed by atoms with van der Waals surface area (Å²) < 4.78 is 0. The summed E-state index contributed by atoms with van der Waals surface area (Å²) in [7, 11) is 0. The molecule has 0 spiro atoms. The summed E-state index contributed by atoms with van der Waals surface area (Å²) in [5.74, 6) is 0.877. The van der Waals surface area contributed by atoms with Crippen molar-refractivity contribution in [2.45, 2.75) is 82.2 Å². The average molecular weight is 474 g/mol. The standard InChI is InChI=1S/C30H39N3O2/c31-24-15-11-21(12-16-24)20-32-30(35)28-10-5-19-33(28)29(34)18-17-27-25-8-3-1-6-22(25)13-14-23-7-2-4-9-26(23)27/h1-4,6-9,21,24,27-28H,5,10-20,31H2,(H,32,35)/t21-,24-,28-/m0/s1. The number of carbonyl (C=O) groups is 2. The summed E-state index contributed by atoms with van der Waals surface area (Å²) in [6, 6.07) is 17.4. The maximum Gasteiger partial charge on any atom is 0.242 e. The van der Waals surface area contributed by atoms with E-state index >= 15 is 0 Å². The van der Waals surface area contributed by atoms with Crippen LogP contribution in [0.25, 0.3) is 0 Å². The molecule has 1 aliphatic heterocycles. The summed E-state index contributed by atoms with van der Waals surface area (Å²) in [5, 5.41) is 3.16. The number of benzene rings is 2. The molecule has 1 atom stereocenters. The van der Waals surface area contributed by atoms with Crippen LogP contribution in [0.3, 0.4) is 0 Å². The molecule has 5 heteroatoms. The molecule has 2 aromatic rings. The van der Waals surface area contributed by atoms with Crippen molar-refractivity contribution in [3.8, 4) is 0 Å². The second kappa shape index (κ2) is 10.9. The van der Waals surface area contributed by atoms with E-state index in [-0.39, 0.29) is 23.8 Å². The second-order valence-corrected chi connectivity index (χ2v) is 10.8. The normalized spacial score (nSPS) is 24.4. The van der Waals surface area contributed by atoms with Crippen LogP contribution in [0.2, 0.25) is 0 Å². The third-order valence-corrected chi connectivity index (χ3v) is 8.50. The zero-order chi connectivity index (χ0) is 24.2. The lowest BCUT2D eigenvalue weighted by Gasteiger charge is -2.28. The van der Waals surface area contributed by atoms with Crippen molar-refractivity contribution in [1.29, 1.82) is 0 Å². The fourth-order valence-electron chi connectivity index (χ4n) is 6.46. The SMILES string of the molecule is N[C@H]1CC[C@H](CNC(=O)[C@@H]2CCCN2C(=O)CCC2c3ccccc3CCc3ccccc32)CC1. The van der Waals surface area contributed by atoms with Gasteiger partial charge in [0.1, 0.15) is 6.04 Å². The van der Waals surface area contributed by atoms with Crippen molar-refractivity contribution < 1.29 is 9.59 Å². The summed E-state index contributed by atoms with van der Waals surface area (Å²) in [6.45, 7) is 1.40. The summed E-state index contributed by atoms with van der Waals surface area (Å²) in [4.78, 5) is 28.3. The Balaban J connectivity index is 1.22. The zero-order valence-electron chi connectivity index (χ0n) is 20.8. The Morgan fingerprint density at radius 2 is 1.51 bits per heavy atom. The minimum Gasteiger partial charge on any atom is -0.354 e. The molecule has 35 heavy (non-hydrogen) atoms. The Bertz CT molecular complexity index is 996. The van der Waals surface area contributed by atoms with Gasteiger partial charge in [-0.05, 0) is 86.0 Å². The minimum atomic E-state index is -0.318. The van der Waals surface area contributed by atoms with Gasteiger partial charge >= 0.3 is 0 Å². The Hall–Kier alpha value is -2.66. The highest BCUT2D eigenvalue weighted by atomic mass is 16.2. The van der Waals surface area contributed by atoms with E-state index in [0.29, 0.717) is 31.5 Å². The van der Waals surface area contributed by atoms with Gasteiger partial charge in [-0.3, -0.25) is 9.59 Å². The van der Waals surface area contributed by atoms with Gasteiger partial charge in [-0.1, -0.05) is 48.5 Å². The third-order valence-electron chi connectivity index (χ3n) is 8.50. The van der Waals surface area contributed by atoms with E-state index in [9.17, 15) is 9.59 Å². The molecule has 186 valence electrons. The Labute approximate surface area is 209 Å². The van der Waals surface area contributed by atoms with E-state index < -0.39 is 0 Å². The number of rotatable bonds is 6. The molecule has 0 radical (unpaired) electrons. The fourth-order valence-corrected chi connectivity index (χ4v) is 6.46. The number of likely N-dealkylation sites (tertiary alicyclic amines) is 1. The number of aryl methyl sites for hydroxylation is 2. The Morgan fingerprint density at radius 3 is 2.17 bits per heavy atom. The monoisotopic (exact) mass is 473 g/mol. The highest BCUT2D eigenvalue weighted by molar-refractivity contribution is 5.88. The Kier molecular flexibility index (Phi) is 7.52. The van der Waals surface area contributed by atoms with Crippen molar-refractivity contribution in [3.05, 3.63) is 70.8 Å². The van der Waals surface area contributed by atoms with Crippen LogP contribution in [-0.2, 0) is 22.4 Å². The first kappa shape index (κ1) is 24.1. The lowest BCUT2D eigenvalue weighted by atomic mass is 9.84. The van der Waals surface area contributed by atoms with Gasteiger partial charge < -0.3 is 16.0 Å². The van der Waals surface area contributed by atoms with Crippen LogP contribution in [0.5, 0.6) is 0 Å². The average Bonchev–Trinajstić information content (AvgIpc) is 3.32. The number of fused-ring (bicyclic) bond motifs is 2. The quantitative estimate of drug-likeness (QED) is 0.656. The summed E-state index contributed by atoms with van der Waals surface area (Å²) in [6.07, 6.45) is 9.25. The molecule has 3 aliphatic rings. The first-order valence-electron chi connectivity index (χ1n) is 13.6. The van der Waals surface area contributed by atoms with Crippen molar-refractivity contribution in [1.82, 2.24) is 10.2 Å². The topological polar surface area (TPSA) is 75.4 Å². The van der Waals surface area contributed by atoms with Crippen LogP contribution in [0.4, 0.5) is 0 Å². The maximum absolute atomic E-state index is 13.4. The van der Waals surface area contributed by atoms with Crippen LogP contribution in [-0.4, -0.2) is 41.9 Å². The molecule has 3 N–H and O–H groups in total. The molecule has 1 saturated carbocycles. The molecule has 1 heterocycles. The fraction of sp³-hybridized carbons (Fsp3) is 0.533. The number of nitrogens with two attached hydrogens (primary N) is 1. The highest BCUT2D eigenvalue weighted by Gasteiger charge is 2.35. The van der Waals surface area contributed by atoms with Gasteiger partial charge in [0.25, 0.3) is 0 Å². The van der Waals surface area contributed by atoms with Crippen LogP contribution in [0.1, 0.15) is 79.5 Å². The summed E-state index contributed by atoms with van der Waals surface area (Å²) >= 11 is 0. The van der Waals surface area contributed by atoms with Crippen molar-refractivity contribution in [2.75, 3.05) is 13.1 Å². The molecular weight excluding hydrogens is 434 g/mol. The number of nitrogens with zero attached hydrogens (tertiary/aromatic N) is 1. The highest BCUT2D eigenvalue weighted by Crippen LogP contribution is 2.37. The lowest BCUT2D eigenvalue weighted by Crippen LogP contribution is -2.47. The molecular formula is C30H39N3O2. The number of carbonyl (C=O) groups excluding carboxylic acids is 2. The predicted octanol–water partition coefficient (Wildman–Crippen LogP) is 4.32. The molecule has 1 saturated heterocycles. The molecule has 2 amide bonds. The summed E-state index contributed by atoms with van der Waals surface area (Å²) in [5.41, 5.74) is 11.5. The van der Waals surface area contributed by atoms with E-state index in [1.807, 2.05) is 4.90 Å². The van der Waals surface area contributed by atoms with Crippen molar-refractivity contribution >= 4 is 11.8 Å². The van der Waals surface area contributed by atoms with Crippen LogP contribution >= 0.6 is 0 Å². The van der Waals surface area contributed by atoms with E-state index in [2.05, 4.69) is 53.8 Å². The first-order valence-corrected chi connectivity index (χ1v) is 13.6. The van der Waals surface area contributed by atoms with E-state index in [4.69, 9.17) is 5.73 Å². The third kappa shape index (κ3) is 5.45. The maximum atomic E-state index is 13.4. The van der Waals surface area contributed by atoms with Gasteiger partial charge in [0.2, 0.25) is 11.8 Å². The van der Waals surface area contributed by atoms with Crippen LogP contribution < -0.4 is 11.1 Å². The largest absolute Gasteiger partial charge is 0.354 e. The molecule has 2 aliphatic carbocycles. The van der Waals surface area contributed by atoms with Gasteiger partial charge in [0.15, 0.2) is 0 Å². The van der Waals surface area contributed by atoms with Crippen molar-refractivity contribution in [3.63, 3.8) is 0 Å². The number of hydrogen-bond donors (Lipinski definition) is 2. The number of amides is 2. The number of nitrogens with one attached hydrogen (secondary N) is 1. The second-order valence-electron chi connectivity index (χ2n) is 10.8. The smallest absolute Gasteiger partial charge is 0.242 e. The van der Waals surface area contributed by atoms with Crippen molar-refractivity contribution in [2.24, 2.45) is 11.7 Å². The lowest BCUT2D eigenvalue weighted by molar-refractivity contribution is -0.138. The number of hydrogen-bond acceptors (Lipinski definition) is 3. The van der Waals surface area contributed by atoms with Gasteiger partial charge in [-0.15, -0.1) is 0 Å². The molecule has 2 aromatic carbocycles. The van der Waals surface area contributed by atoms with Gasteiger partial charge in [0, 0.05) is 31.5 Å². The molecule has 0 bridgehead atoms. The van der Waals surface area contributed by atoms with Gasteiger partial charge in [-0.2, -0.15) is 0 Å². The molecule has 5 rings (SSSR count). The zero-order valence-corrected chi connectivity index (χ0v) is 20.8. The van der Waals surface area contributed by atoms with Crippen LogP contribution in [0, 0.1) is 5.92 Å². The van der Waals surface area contributed by atoms with Gasteiger partial charge in [-0.25, -0.2) is 0 Å². The molecule has 0 aromatic heterocycles. The predicted molar refractivity (Wildman–Crippen MR) is 139 cm³/mol. The molecule has 5 nitrogen and oxygen atoms in total. The van der Waals surface area contributed by atoms with E-state index in [1.54, 1.807) is 0 Å². The molecule has 0 unspecified atom stereocenters. The first-order chi connectivity index (χ1) is 17.1. The van der Waals surface area contributed by atoms with E-state index in [0.717, 1.165) is 57.8 Å². The van der Waals surface area contributed by atoms with Crippen LogP contribution in [0.15, 0.2) is 48.5 Å². The minimum absolute atomic E-state index is 0.0240. The van der Waals surface area contributed by atoms with E-state index in [1.165, 1.54) is 22.3 Å².